The minimum atomic E-state index is -3.66. The van der Waals surface area contributed by atoms with Gasteiger partial charge in [0, 0.05) is 45.0 Å². The highest BCUT2D eigenvalue weighted by atomic mass is 32.2. The van der Waals surface area contributed by atoms with Crippen molar-refractivity contribution in [1.29, 1.82) is 0 Å². The van der Waals surface area contributed by atoms with E-state index < -0.39 is 10.0 Å². The van der Waals surface area contributed by atoms with E-state index in [1.54, 1.807) is 19.2 Å². The van der Waals surface area contributed by atoms with Crippen molar-refractivity contribution in [3.05, 3.63) is 66.7 Å². The number of hydrogen-bond acceptors (Lipinski definition) is 5. The molecule has 0 spiro atoms. The van der Waals surface area contributed by atoms with Gasteiger partial charge in [0.2, 0.25) is 15.9 Å². The normalized spacial score (nSPS) is 19.6. The summed E-state index contributed by atoms with van der Waals surface area (Å²) in [5.74, 6) is 0.590. The van der Waals surface area contributed by atoms with Crippen molar-refractivity contribution in [2.75, 3.05) is 51.3 Å². The fraction of sp³-hybridized carbons (Fsp3) is 0.370. The summed E-state index contributed by atoms with van der Waals surface area (Å²) >= 11 is 0. The van der Waals surface area contributed by atoms with Crippen LogP contribution >= 0.6 is 0 Å². The van der Waals surface area contributed by atoms with Crippen molar-refractivity contribution >= 4 is 32.4 Å². The molecule has 2 aliphatic rings. The molecule has 2 heterocycles. The number of piperazine rings is 1. The number of anilines is 1. The van der Waals surface area contributed by atoms with Crippen LogP contribution in [0.3, 0.4) is 0 Å². The van der Waals surface area contributed by atoms with E-state index in [1.807, 2.05) is 59.5 Å². The zero-order chi connectivity index (χ0) is 24.4. The molecule has 0 saturated carbocycles. The van der Waals surface area contributed by atoms with E-state index in [1.165, 1.54) is 4.31 Å². The van der Waals surface area contributed by atoms with Crippen LogP contribution in [0.4, 0.5) is 5.69 Å². The predicted octanol–water partition coefficient (Wildman–Crippen LogP) is 3.60. The van der Waals surface area contributed by atoms with Gasteiger partial charge in [-0.3, -0.25) is 4.79 Å². The molecule has 0 N–H and O–H groups in total. The maximum absolute atomic E-state index is 13.4. The summed E-state index contributed by atoms with van der Waals surface area (Å²) in [6.07, 6.45) is 1.41. The molecule has 0 unspecified atom stereocenters. The van der Waals surface area contributed by atoms with Gasteiger partial charge in [0.25, 0.3) is 0 Å². The molecule has 2 aliphatic heterocycles. The predicted molar refractivity (Wildman–Crippen MR) is 137 cm³/mol. The minimum Gasteiger partial charge on any atom is -0.497 e. The van der Waals surface area contributed by atoms with E-state index in [-0.39, 0.29) is 23.3 Å². The summed E-state index contributed by atoms with van der Waals surface area (Å²) in [6, 6.07) is 20.9. The molecule has 1 atom stereocenters. The number of fused-ring (bicyclic) bond motifs is 1. The summed E-state index contributed by atoms with van der Waals surface area (Å²) in [4.78, 5) is 17.8. The zero-order valence-electron chi connectivity index (χ0n) is 20.0. The number of amides is 1. The van der Waals surface area contributed by atoms with Crippen LogP contribution in [0.5, 0.6) is 5.75 Å². The Hall–Kier alpha value is -3.10. The monoisotopic (exact) mass is 493 g/mol. The summed E-state index contributed by atoms with van der Waals surface area (Å²) in [7, 11) is -2.01. The first-order valence-electron chi connectivity index (χ1n) is 12.1. The molecule has 2 fully saturated rings. The van der Waals surface area contributed by atoms with E-state index in [2.05, 4.69) is 4.90 Å². The van der Waals surface area contributed by atoms with Crippen LogP contribution in [0.25, 0.3) is 10.8 Å². The molecular formula is C27H31N3O4S. The molecule has 3 aromatic rings. The van der Waals surface area contributed by atoms with Gasteiger partial charge >= 0.3 is 0 Å². The number of hydrogen-bond donors (Lipinski definition) is 0. The van der Waals surface area contributed by atoms with Crippen molar-refractivity contribution in [3.8, 4) is 5.75 Å². The van der Waals surface area contributed by atoms with Crippen molar-refractivity contribution < 1.29 is 17.9 Å². The van der Waals surface area contributed by atoms with Crippen molar-refractivity contribution in [2.24, 2.45) is 5.92 Å². The van der Waals surface area contributed by atoms with Gasteiger partial charge in [0.05, 0.1) is 17.9 Å². The second-order valence-corrected chi connectivity index (χ2v) is 11.2. The zero-order valence-corrected chi connectivity index (χ0v) is 20.8. The molecule has 2 saturated heterocycles. The van der Waals surface area contributed by atoms with Gasteiger partial charge in [-0.25, -0.2) is 8.42 Å². The van der Waals surface area contributed by atoms with Gasteiger partial charge in [-0.15, -0.1) is 0 Å². The summed E-state index contributed by atoms with van der Waals surface area (Å²) in [5, 5.41) is 1.90. The molecule has 184 valence electrons. The van der Waals surface area contributed by atoms with Crippen molar-refractivity contribution in [3.63, 3.8) is 0 Å². The molecule has 0 aromatic heterocycles. The topological polar surface area (TPSA) is 70.2 Å². The standard InChI is InChI=1S/C27H31N3O4S/c1-34-25-11-9-24(10-12-25)28-15-17-29(18-16-28)27(31)23-7-4-14-30(20-23)35(32,33)26-13-8-21-5-2-3-6-22(21)19-26/h2-3,5-6,8-13,19,23H,4,7,14-18,20H2,1H3/t23-/m1/s1. The molecule has 3 aromatic carbocycles. The number of ether oxygens (including phenoxy) is 1. The molecule has 0 bridgehead atoms. The third-order valence-electron chi connectivity index (χ3n) is 7.12. The second kappa shape index (κ2) is 9.87. The smallest absolute Gasteiger partial charge is 0.243 e. The number of rotatable bonds is 5. The van der Waals surface area contributed by atoms with Crippen molar-refractivity contribution in [1.82, 2.24) is 9.21 Å². The van der Waals surface area contributed by atoms with Gasteiger partial charge in [-0.2, -0.15) is 4.31 Å². The maximum Gasteiger partial charge on any atom is 0.243 e. The number of carbonyl (C=O) groups excluding carboxylic acids is 1. The number of carbonyl (C=O) groups is 1. The molecule has 8 heteroatoms. The van der Waals surface area contributed by atoms with Gasteiger partial charge in [0.1, 0.15) is 5.75 Å². The highest BCUT2D eigenvalue weighted by Gasteiger charge is 2.36. The first-order valence-corrected chi connectivity index (χ1v) is 13.6. The highest BCUT2D eigenvalue weighted by molar-refractivity contribution is 7.89. The molecule has 5 rings (SSSR count). The number of methoxy groups -OCH3 is 1. The highest BCUT2D eigenvalue weighted by Crippen LogP contribution is 2.28. The Morgan fingerprint density at radius 1 is 0.886 bits per heavy atom. The Morgan fingerprint density at radius 3 is 2.31 bits per heavy atom. The van der Waals surface area contributed by atoms with Crippen LogP contribution in [0.15, 0.2) is 71.6 Å². The second-order valence-electron chi connectivity index (χ2n) is 9.22. The third kappa shape index (κ3) is 4.86. The Bertz CT molecular complexity index is 1300. The van der Waals surface area contributed by atoms with E-state index in [9.17, 15) is 13.2 Å². The maximum atomic E-state index is 13.4. The number of piperidine rings is 1. The average molecular weight is 494 g/mol. The molecule has 35 heavy (non-hydrogen) atoms. The fourth-order valence-corrected chi connectivity index (χ4v) is 6.64. The summed E-state index contributed by atoms with van der Waals surface area (Å²) in [6.45, 7) is 3.47. The van der Waals surface area contributed by atoms with Crippen LogP contribution < -0.4 is 9.64 Å². The largest absolute Gasteiger partial charge is 0.497 e. The van der Waals surface area contributed by atoms with E-state index in [0.717, 1.165) is 41.7 Å². The summed E-state index contributed by atoms with van der Waals surface area (Å²) < 4.78 is 33.5. The van der Waals surface area contributed by atoms with E-state index in [0.29, 0.717) is 26.1 Å². The van der Waals surface area contributed by atoms with E-state index in [4.69, 9.17) is 4.74 Å². The number of nitrogens with zero attached hydrogens (tertiary/aromatic N) is 3. The van der Waals surface area contributed by atoms with Gasteiger partial charge in [-0.1, -0.05) is 30.3 Å². The lowest BCUT2D eigenvalue weighted by Gasteiger charge is -2.39. The summed E-state index contributed by atoms with van der Waals surface area (Å²) in [5.41, 5.74) is 1.11. The molecule has 1 amide bonds. The lowest BCUT2D eigenvalue weighted by Crippen LogP contribution is -2.53. The van der Waals surface area contributed by atoms with Crippen LogP contribution in [0, 0.1) is 5.92 Å². The Kier molecular flexibility index (Phi) is 6.67. The van der Waals surface area contributed by atoms with Gasteiger partial charge in [-0.05, 0) is 60.0 Å². The average Bonchev–Trinajstić information content (AvgIpc) is 2.92. The first-order chi connectivity index (χ1) is 17.0. The molecule has 7 nitrogen and oxygen atoms in total. The Labute approximate surface area is 206 Å². The molecular weight excluding hydrogens is 462 g/mol. The SMILES string of the molecule is COc1ccc(N2CCN(C(=O)[C@@H]3CCCN(S(=O)(=O)c4ccc5ccccc5c4)C3)CC2)cc1. The van der Waals surface area contributed by atoms with Crippen LogP contribution in [-0.2, 0) is 14.8 Å². The minimum absolute atomic E-state index is 0.0674. The molecule has 0 radical (unpaired) electrons. The number of benzene rings is 3. The van der Waals surface area contributed by atoms with Crippen LogP contribution in [0.2, 0.25) is 0 Å². The lowest BCUT2D eigenvalue weighted by molar-refractivity contribution is -0.137. The van der Waals surface area contributed by atoms with Crippen LogP contribution in [-0.4, -0.2) is 69.9 Å². The van der Waals surface area contributed by atoms with Crippen LogP contribution in [0.1, 0.15) is 12.8 Å². The Balaban J connectivity index is 1.23. The van der Waals surface area contributed by atoms with Gasteiger partial charge < -0.3 is 14.5 Å². The lowest BCUT2D eigenvalue weighted by atomic mass is 9.97. The van der Waals surface area contributed by atoms with E-state index >= 15 is 0 Å². The van der Waals surface area contributed by atoms with Gasteiger partial charge in [0.15, 0.2) is 0 Å². The third-order valence-corrected chi connectivity index (χ3v) is 8.98. The van der Waals surface area contributed by atoms with Crippen molar-refractivity contribution in [2.45, 2.75) is 17.7 Å². The number of sulfonamides is 1. The quantitative estimate of drug-likeness (QED) is 0.543. The Morgan fingerprint density at radius 2 is 1.60 bits per heavy atom. The fourth-order valence-electron chi connectivity index (χ4n) is 5.08. The first kappa shape index (κ1) is 23.6. The molecule has 0 aliphatic carbocycles.